The van der Waals surface area contributed by atoms with E-state index >= 15 is 0 Å². The van der Waals surface area contributed by atoms with Gasteiger partial charge in [-0.1, -0.05) is 30.3 Å². The average molecular weight is 543 g/mol. The van der Waals surface area contributed by atoms with Crippen LogP contribution in [-0.2, 0) is 16.0 Å². The Hall–Kier alpha value is -4.44. The van der Waals surface area contributed by atoms with E-state index < -0.39 is 10.8 Å². The maximum absolute atomic E-state index is 12.7. The molecule has 0 aliphatic carbocycles. The van der Waals surface area contributed by atoms with E-state index in [1.807, 2.05) is 19.9 Å². The number of allylic oxidation sites excluding steroid dienone is 2. The van der Waals surface area contributed by atoms with Crippen LogP contribution in [0.5, 0.6) is 0 Å². The maximum atomic E-state index is 12.7. The Bertz CT molecular complexity index is 1470. The van der Waals surface area contributed by atoms with Crippen LogP contribution in [0, 0.1) is 10.1 Å². The number of likely N-dealkylation sites (tertiary alicyclic amines) is 1. The van der Waals surface area contributed by atoms with Crippen molar-refractivity contribution in [3.05, 3.63) is 98.8 Å². The van der Waals surface area contributed by atoms with Crippen molar-refractivity contribution in [2.75, 3.05) is 19.6 Å². The van der Waals surface area contributed by atoms with Crippen LogP contribution in [0.3, 0.4) is 0 Å². The van der Waals surface area contributed by atoms with Crippen LogP contribution in [0.2, 0.25) is 0 Å². The van der Waals surface area contributed by atoms with Crippen LogP contribution in [0.1, 0.15) is 43.7 Å². The second-order valence-electron chi connectivity index (χ2n) is 10.4. The standard InChI is InChI=1S/C30H34N6O4/c1-20-29(32-18-37)28(22-7-9-25(10-8-22)36(39)40)30(21(2)33-20)35(19-38)24-12-15-34(16-13-24)14-11-23-17-31-27-6-4-3-5-26(23)27/h3-10,17-19,24,28,31,33H,11-16H2,1-2H3,(H,32,37). The molecule has 3 N–H and O–H groups in total. The van der Waals surface area contributed by atoms with Gasteiger partial charge in [0.2, 0.25) is 12.8 Å². The van der Waals surface area contributed by atoms with Crippen LogP contribution >= 0.6 is 0 Å². The molecule has 0 spiro atoms. The molecule has 0 radical (unpaired) electrons. The van der Waals surface area contributed by atoms with Gasteiger partial charge in [-0.2, -0.15) is 0 Å². The van der Waals surface area contributed by atoms with E-state index in [9.17, 15) is 19.7 Å². The van der Waals surface area contributed by atoms with Gasteiger partial charge in [-0.25, -0.2) is 0 Å². The van der Waals surface area contributed by atoms with E-state index in [2.05, 4.69) is 44.9 Å². The molecule has 3 aromatic rings. The highest BCUT2D eigenvalue weighted by Crippen LogP contribution is 2.40. The Labute approximate surface area is 232 Å². The number of carbonyl (C=O) groups excluding carboxylic acids is 2. The number of rotatable bonds is 10. The molecule has 40 heavy (non-hydrogen) atoms. The SMILES string of the molecule is CC1=C(NC=O)C(c2ccc([N+](=O)[O-])cc2)C(N(C=O)C2CCN(CCc3c[nH]c4ccccc34)CC2)=C(C)N1. The Morgan fingerprint density at radius 2 is 1.80 bits per heavy atom. The van der Waals surface area contributed by atoms with Gasteiger partial charge in [-0.15, -0.1) is 0 Å². The number of dihydropyridines is 1. The van der Waals surface area contributed by atoms with Crippen molar-refractivity contribution in [1.82, 2.24) is 25.4 Å². The third-order valence-electron chi connectivity index (χ3n) is 8.09. The molecule has 3 heterocycles. The van der Waals surface area contributed by atoms with Crippen LogP contribution in [0.25, 0.3) is 10.9 Å². The molecule has 208 valence electrons. The lowest BCUT2D eigenvalue weighted by molar-refractivity contribution is -0.384. The number of aromatic nitrogens is 1. The third kappa shape index (κ3) is 5.35. The molecular weight excluding hydrogens is 508 g/mol. The predicted octanol–water partition coefficient (Wildman–Crippen LogP) is 4.14. The number of fused-ring (bicyclic) bond motifs is 1. The summed E-state index contributed by atoms with van der Waals surface area (Å²) in [5, 5.41) is 18.6. The molecule has 5 rings (SSSR count). The predicted molar refractivity (Wildman–Crippen MR) is 153 cm³/mol. The number of H-pyrrole nitrogens is 1. The summed E-state index contributed by atoms with van der Waals surface area (Å²) in [6, 6.07) is 14.6. The molecule has 1 aromatic heterocycles. The number of nitrogens with zero attached hydrogens (tertiary/aromatic N) is 3. The number of hydrogen-bond acceptors (Lipinski definition) is 6. The quantitative estimate of drug-likeness (QED) is 0.201. The highest BCUT2D eigenvalue weighted by atomic mass is 16.6. The molecule has 1 unspecified atom stereocenters. The van der Waals surface area contributed by atoms with Gasteiger partial charge in [0.1, 0.15) is 0 Å². The number of hydrogen-bond donors (Lipinski definition) is 3. The minimum absolute atomic E-state index is 0.00924. The van der Waals surface area contributed by atoms with E-state index in [4.69, 9.17) is 0 Å². The summed E-state index contributed by atoms with van der Waals surface area (Å²) in [6.07, 6.45) is 6.17. The number of carbonyl (C=O) groups is 2. The number of nitro benzene ring substituents is 1. The van der Waals surface area contributed by atoms with E-state index in [0.29, 0.717) is 12.1 Å². The first-order valence-corrected chi connectivity index (χ1v) is 13.5. The van der Waals surface area contributed by atoms with Crippen molar-refractivity contribution in [2.24, 2.45) is 0 Å². The van der Waals surface area contributed by atoms with Gasteiger partial charge >= 0.3 is 0 Å². The summed E-state index contributed by atoms with van der Waals surface area (Å²) in [6.45, 7) is 6.46. The summed E-state index contributed by atoms with van der Waals surface area (Å²) >= 11 is 0. The summed E-state index contributed by atoms with van der Waals surface area (Å²) in [7, 11) is 0. The molecule has 2 aliphatic heterocycles. The molecule has 1 saturated heterocycles. The lowest BCUT2D eigenvalue weighted by Gasteiger charge is -2.42. The van der Waals surface area contributed by atoms with Crippen molar-refractivity contribution < 1.29 is 14.5 Å². The largest absolute Gasteiger partial charge is 0.361 e. The third-order valence-corrected chi connectivity index (χ3v) is 8.09. The van der Waals surface area contributed by atoms with E-state index in [0.717, 1.165) is 73.5 Å². The second kappa shape index (κ2) is 11.7. The molecule has 2 aliphatic rings. The first kappa shape index (κ1) is 27.1. The van der Waals surface area contributed by atoms with Crippen LogP contribution in [0.15, 0.2) is 77.5 Å². The zero-order valence-electron chi connectivity index (χ0n) is 22.7. The number of piperidine rings is 1. The van der Waals surface area contributed by atoms with Crippen molar-refractivity contribution in [2.45, 2.75) is 45.1 Å². The number of benzene rings is 2. The van der Waals surface area contributed by atoms with Crippen molar-refractivity contribution >= 4 is 29.4 Å². The van der Waals surface area contributed by atoms with Gasteiger partial charge in [-0.05, 0) is 50.3 Å². The molecule has 10 nitrogen and oxygen atoms in total. The minimum atomic E-state index is -0.461. The van der Waals surface area contributed by atoms with Gasteiger partial charge in [0.15, 0.2) is 0 Å². The first-order valence-electron chi connectivity index (χ1n) is 13.5. The zero-order valence-corrected chi connectivity index (χ0v) is 22.7. The Morgan fingerprint density at radius 3 is 2.48 bits per heavy atom. The van der Waals surface area contributed by atoms with Gasteiger partial charge in [0, 0.05) is 66.3 Å². The Balaban J connectivity index is 1.33. The number of nitro groups is 1. The van der Waals surface area contributed by atoms with Gasteiger partial charge in [0.25, 0.3) is 5.69 Å². The first-order chi connectivity index (χ1) is 19.4. The minimum Gasteiger partial charge on any atom is -0.361 e. The smallest absolute Gasteiger partial charge is 0.269 e. The van der Waals surface area contributed by atoms with Crippen LogP contribution in [0.4, 0.5) is 5.69 Å². The highest BCUT2D eigenvalue weighted by Gasteiger charge is 2.36. The molecule has 1 atom stereocenters. The van der Waals surface area contributed by atoms with E-state index in [-0.39, 0.29) is 11.7 Å². The lowest BCUT2D eigenvalue weighted by atomic mass is 9.86. The molecule has 1 fully saturated rings. The molecule has 2 aromatic carbocycles. The molecular formula is C30H34N6O4. The van der Waals surface area contributed by atoms with Crippen LogP contribution < -0.4 is 10.6 Å². The summed E-state index contributed by atoms with van der Waals surface area (Å²) in [5.41, 5.74) is 6.14. The number of para-hydroxylation sites is 1. The van der Waals surface area contributed by atoms with E-state index in [1.165, 1.54) is 23.1 Å². The summed E-state index contributed by atoms with van der Waals surface area (Å²) in [5.74, 6) is -0.461. The zero-order chi connectivity index (χ0) is 28.2. The fraction of sp³-hybridized carbons (Fsp3) is 0.333. The Morgan fingerprint density at radius 1 is 1.07 bits per heavy atom. The van der Waals surface area contributed by atoms with Crippen molar-refractivity contribution in [3.63, 3.8) is 0 Å². The molecule has 0 bridgehead atoms. The van der Waals surface area contributed by atoms with Gasteiger partial charge in [-0.3, -0.25) is 19.7 Å². The number of nitrogens with one attached hydrogen (secondary N) is 3. The lowest BCUT2D eigenvalue weighted by Crippen LogP contribution is -2.47. The summed E-state index contributed by atoms with van der Waals surface area (Å²) < 4.78 is 0. The highest BCUT2D eigenvalue weighted by molar-refractivity contribution is 5.83. The fourth-order valence-electron chi connectivity index (χ4n) is 6.07. The Kier molecular flexibility index (Phi) is 7.97. The summed E-state index contributed by atoms with van der Waals surface area (Å²) in [4.78, 5) is 42.6. The number of amides is 2. The van der Waals surface area contributed by atoms with Crippen LogP contribution in [-0.4, -0.2) is 58.2 Å². The molecule has 10 heteroatoms. The molecule has 0 saturated carbocycles. The second-order valence-corrected chi connectivity index (χ2v) is 10.4. The molecule has 2 amide bonds. The normalized spacial score (nSPS) is 18.5. The number of aromatic amines is 1. The van der Waals surface area contributed by atoms with Gasteiger partial charge < -0.3 is 25.4 Å². The topological polar surface area (TPSA) is 124 Å². The maximum Gasteiger partial charge on any atom is 0.269 e. The van der Waals surface area contributed by atoms with Crippen molar-refractivity contribution in [3.8, 4) is 0 Å². The monoisotopic (exact) mass is 542 g/mol. The van der Waals surface area contributed by atoms with Gasteiger partial charge in [0.05, 0.1) is 22.2 Å². The fourth-order valence-corrected chi connectivity index (χ4v) is 6.07. The van der Waals surface area contributed by atoms with Crippen molar-refractivity contribution in [1.29, 1.82) is 0 Å². The average Bonchev–Trinajstić information content (AvgIpc) is 3.38. The van der Waals surface area contributed by atoms with E-state index in [1.54, 1.807) is 17.0 Å². The number of non-ortho nitro benzene ring substituents is 1.